The first kappa shape index (κ1) is 12.1. The molecule has 2 aromatic rings. The predicted octanol–water partition coefficient (Wildman–Crippen LogP) is 2.19. The molecule has 1 fully saturated rings. The van der Waals surface area contributed by atoms with Crippen LogP contribution in [0.4, 0.5) is 5.95 Å². The van der Waals surface area contributed by atoms with Crippen molar-refractivity contribution in [3.63, 3.8) is 0 Å². The van der Waals surface area contributed by atoms with Crippen LogP contribution in [0.3, 0.4) is 0 Å². The van der Waals surface area contributed by atoms with Crippen LogP contribution in [0, 0.1) is 0 Å². The Morgan fingerprint density at radius 1 is 1.16 bits per heavy atom. The van der Waals surface area contributed by atoms with Gasteiger partial charge in [-0.15, -0.1) is 10.2 Å². The van der Waals surface area contributed by atoms with Gasteiger partial charge in [0.15, 0.2) is 5.82 Å². The van der Waals surface area contributed by atoms with E-state index in [4.69, 9.17) is 0 Å². The van der Waals surface area contributed by atoms with Gasteiger partial charge in [0.05, 0.1) is 6.54 Å². The predicted molar refractivity (Wildman–Crippen MR) is 71.5 cm³/mol. The van der Waals surface area contributed by atoms with Gasteiger partial charge in [0, 0.05) is 18.4 Å². The van der Waals surface area contributed by atoms with E-state index in [-0.39, 0.29) is 0 Å². The van der Waals surface area contributed by atoms with E-state index in [0.717, 1.165) is 5.82 Å². The summed E-state index contributed by atoms with van der Waals surface area (Å²) in [6.45, 7) is 0.612. The van der Waals surface area contributed by atoms with Gasteiger partial charge < -0.3 is 9.88 Å². The van der Waals surface area contributed by atoms with Gasteiger partial charge in [-0.25, -0.2) is 9.97 Å². The number of rotatable bonds is 4. The van der Waals surface area contributed by atoms with Crippen LogP contribution >= 0.6 is 0 Å². The quantitative estimate of drug-likeness (QED) is 0.910. The van der Waals surface area contributed by atoms with Crippen molar-refractivity contribution in [3.05, 3.63) is 30.6 Å². The number of hydrogen-bond donors (Lipinski definition) is 1. The Bertz CT molecular complexity index is 503. The summed E-state index contributed by atoms with van der Waals surface area (Å²) in [5.74, 6) is 1.58. The van der Waals surface area contributed by atoms with Gasteiger partial charge in [0.25, 0.3) is 0 Å². The summed E-state index contributed by atoms with van der Waals surface area (Å²) in [5, 5.41) is 11.4. The fourth-order valence-electron chi connectivity index (χ4n) is 2.61. The van der Waals surface area contributed by atoms with Crippen molar-refractivity contribution < 1.29 is 0 Å². The number of anilines is 1. The third-order valence-corrected chi connectivity index (χ3v) is 3.59. The van der Waals surface area contributed by atoms with Gasteiger partial charge in [0.2, 0.25) is 5.95 Å². The van der Waals surface area contributed by atoms with Crippen molar-refractivity contribution >= 4 is 5.95 Å². The molecule has 0 spiro atoms. The Morgan fingerprint density at radius 2 is 1.95 bits per heavy atom. The van der Waals surface area contributed by atoms with Crippen LogP contribution < -0.4 is 5.32 Å². The van der Waals surface area contributed by atoms with E-state index in [2.05, 4.69) is 30.0 Å². The first-order chi connectivity index (χ1) is 9.43. The molecular weight excluding hydrogens is 240 g/mol. The Morgan fingerprint density at radius 3 is 2.74 bits per heavy atom. The largest absolute Gasteiger partial charge is 0.347 e. The SMILES string of the molecule is c1cnc(NCc2nncn2C2CCCCC2)nc1. The van der Waals surface area contributed by atoms with E-state index in [1.165, 1.54) is 32.1 Å². The molecule has 1 aliphatic carbocycles. The summed E-state index contributed by atoms with van der Waals surface area (Å²) in [4.78, 5) is 8.28. The molecule has 6 nitrogen and oxygen atoms in total. The number of nitrogens with zero attached hydrogens (tertiary/aromatic N) is 5. The van der Waals surface area contributed by atoms with Crippen LogP contribution in [-0.2, 0) is 6.54 Å². The zero-order valence-electron chi connectivity index (χ0n) is 10.9. The third-order valence-electron chi connectivity index (χ3n) is 3.59. The number of hydrogen-bond acceptors (Lipinski definition) is 5. The lowest BCUT2D eigenvalue weighted by Crippen LogP contribution is -2.17. The summed E-state index contributed by atoms with van der Waals surface area (Å²) in [5.41, 5.74) is 0. The van der Waals surface area contributed by atoms with Crippen molar-refractivity contribution in [2.24, 2.45) is 0 Å². The van der Waals surface area contributed by atoms with E-state index in [1.807, 2.05) is 6.33 Å². The second kappa shape index (κ2) is 5.77. The maximum Gasteiger partial charge on any atom is 0.222 e. The minimum Gasteiger partial charge on any atom is -0.347 e. The van der Waals surface area contributed by atoms with Gasteiger partial charge in [0.1, 0.15) is 6.33 Å². The summed E-state index contributed by atoms with van der Waals surface area (Å²) in [6.07, 6.45) is 11.7. The van der Waals surface area contributed by atoms with E-state index in [9.17, 15) is 0 Å². The molecule has 6 heteroatoms. The van der Waals surface area contributed by atoms with E-state index in [0.29, 0.717) is 18.5 Å². The van der Waals surface area contributed by atoms with Gasteiger partial charge in [-0.2, -0.15) is 0 Å². The number of nitrogens with one attached hydrogen (secondary N) is 1. The van der Waals surface area contributed by atoms with Gasteiger partial charge >= 0.3 is 0 Å². The van der Waals surface area contributed by atoms with Crippen molar-refractivity contribution in [1.29, 1.82) is 0 Å². The normalized spacial score (nSPS) is 16.4. The van der Waals surface area contributed by atoms with Gasteiger partial charge in [-0.3, -0.25) is 0 Å². The molecule has 1 aliphatic rings. The highest BCUT2D eigenvalue weighted by Crippen LogP contribution is 2.28. The molecule has 100 valence electrons. The summed E-state index contributed by atoms with van der Waals surface area (Å²) < 4.78 is 2.20. The molecule has 19 heavy (non-hydrogen) atoms. The molecule has 0 saturated heterocycles. The lowest BCUT2D eigenvalue weighted by atomic mass is 9.95. The molecule has 0 radical (unpaired) electrons. The molecule has 1 saturated carbocycles. The first-order valence-corrected chi connectivity index (χ1v) is 6.83. The monoisotopic (exact) mass is 258 g/mol. The Balaban J connectivity index is 1.66. The molecule has 0 amide bonds. The van der Waals surface area contributed by atoms with Crippen LogP contribution in [-0.4, -0.2) is 24.7 Å². The van der Waals surface area contributed by atoms with Crippen molar-refractivity contribution in [3.8, 4) is 0 Å². The van der Waals surface area contributed by atoms with Gasteiger partial charge in [-0.1, -0.05) is 19.3 Å². The highest BCUT2D eigenvalue weighted by molar-refractivity contribution is 5.22. The molecule has 2 aromatic heterocycles. The zero-order chi connectivity index (χ0) is 12.9. The average Bonchev–Trinajstić information content (AvgIpc) is 2.95. The van der Waals surface area contributed by atoms with E-state index >= 15 is 0 Å². The van der Waals surface area contributed by atoms with Crippen LogP contribution in [0.2, 0.25) is 0 Å². The van der Waals surface area contributed by atoms with E-state index < -0.39 is 0 Å². The molecule has 0 aromatic carbocycles. The molecule has 1 N–H and O–H groups in total. The second-order valence-corrected chi connectivity index (χ2v) is 4.87. The van der Waals surface area contributed by atoms with Crippen molar-refractivity contribution in [1.82, 2.24) is 24.7 Å². The Kier molecular flexibility index (Phi) is 3.67. The maximum absolute atomic E-state index is 4.20. The molecule has 0 aliphatic heterocycles. The van der Waals surface area contributed by atoms with Crippen LogP contribution in [0.5, 0.6) is 0 Å². The van der Waals surface area contributed by atoms with Crippen molar-refractivity contribution in [2.45, 2.75) is 44.7 Å². The van der Waals surface area contributed by atoms with Crippen LogP contribution in [0.15, 0.2) is 24.8 Å². The second-order valence-electron chi connectivity index (χ2n) is 4.87. The molecule has 0 bridgehead atoms. The fourth-order valence-corrected chi connectivity index (χ4v) is 2.61. The molecule has 3 rings (SSSR count). The maximum atomic E-state index is 4.20. The molecular formula is C13H18N6. The zero-order valence-corrected chi connectivity index (χ0v) is 10.9. The highest BCUT2D eigenvalue weighted by Gasteiger charge is 2.18. The smallest absolute Gasteiger partial charge is 0.222 e. The molecule has 0 atom stereocenters. The minimum absolute atomic E-state index is 0.553. The van der Waals surface area contributed by atoms with E-state index in [1.54, 1.807) is 18.5 Å². The number of aromatic nitrogens is 5. The summed E-state index contributed by atoms with van der Waals surface area (Å²) >= 11 is 0. The molecule has 2 heterocycles. The lowest BCUT2D eigenvalue weighted by molar-refractivity contribution is 0.346. The Hall–Kier alpha value is -1.98. The average molecular weight is 258 g/mol. The fraction of sp³-hybridized carbons (Fsp3) is 0.538. The van der Waals surface area contributed by atoms with Crippen LogP contribution in [0.25, 0.3) is 0 Å². The highest BCUT2D eigenvalue weighted by atomic mass is 15.3. The summed E-state index contributed by atoms with van der Waals surface area (Å²) in [7, 11) is 0. The van der Waals surface area contributed by atoms with Gasteiger partial charge in [-0.05, 0) is 18.9 Å². The molecule has 0 unspecified atom stereocenters. The standard InChI is InChI=1S/C13H18N6/c1-2-5-11(6-3-1)19-10-17-18-12(19)9-16-13-14-7-4-8-15-13/h4,7-8,10-11H,1-3,5-6,9H2,(H,14,15,16). The lowest BCUT2D eigenvalue weighted by Gasteiger charge is -2.23. The van der Waals surface area contributed by atoms with Crippen molar-refractivity contribution in [2.75, 3.05) is 5.32 Å². The van der Waals surface area contributed by atoms with Crippen LogP contribution in [0.1, 0.15) is 44.0 Å². The Labute approximate surface area is 112 Å². The first-order valence-electron chi connectivity index (χ1n) is 6.83. The topological polar surface area (TPSA) is 68.5 Å². The summed E-state index contributed by atoms with van der Waals surface area (Å²) in [6, 6.07) is 2.35. The minimum atomic E-state index is 0.553. The third kappa shape index (κ3) is 2.89.